The van der Waals surface area contributed by atoms with Gasteiger partial charge in [0.05, 0.1) is 13.7 Å². The number of ether oxygens (including phenoxy) is 1. The summed E-state index contributed by atoms with van der Waals surface area (Å²) in [6, 6.07) is 4.68. The number of phenols is 1. The molecule has 0 aliphatic carbocycles. The lowest BCUT2D eigenvalue weighted by Crippen LogP contribution is -2.37. The Labute approximate surface area is 157 Å². The van der Waals surface area contributed by atoms with Crippen molar-refractivity contribution in [3.8, 4) is 11.5 Å². The van der Waals surface area contributed by atoms with Gasteiger partial charge < -0.3 is 20.5 Å². The summed E-state index contributed by atoms with van der Waals surface area (Å²) in [4.78, 5) is 39.9. The number of carbonyl (C=O) groups excluding carboxylic acids is 2. The van der Waals surface area contributed by atoms with Gasteiger partial charge in [0.15, 0.2) is 22.8 Å². The summed E-state index contributed by atoms with van der Waals surface area (Å²) >= 11 is 0. The number of aromatic hydroxyl groups is 1. The van der Waals surface area contributed by atoms with Crippen LogP contribution in [0.15, 0.2) is 29.3 Å². The van der Waals surface area contributed by atoms with Crippen LogP contribution < -0.4 is 21.1 Å². The number of rotatable bonds is 6. The van der Waals surface area contributed by atoms with E-state index in [0.29, 0.717) is 11.3 Å². The quantitative estimate of drug-likeness (QED) is 0.466. The number of aromatic nitrogens is 5. The van der Waals surface area contributed by atoms with Crippen molar-refractivity contribution in [1.29, 1.82) is 0 Å². The van der Waals surface area contributed by atoms with E-state index in [4.69, 9.17) is 4.74 Å². The Morgan fingerprint density at radius 2 is 2.07 bits per heavy atom. The van der Waals surface area contributed by atoms with Crippen LogP contribution in [0.25, 0.3) is 5.65 Å². The Hall–Kier alpha value is -3.96. The molecule has 3 rings (SSSR count). The fourth-order valence-electron chi connectivity index (χ4n) is 2.38. The monoisotopic (exact) mass is 387 g/mol. The van der Waals surface area contributed by atoms with E-state index in [0.717, 1.165) is 9.08 Å². The minimum atomic E-state index is -0.661. The maximum atomic E-state index is 12.2. The number of carbonyl (C=O) groups is 2. The molecule has 0 aliphatic rings. The molecule has 0 saturated heterocycles. The van der Waals surface area contributed by atoms with Crippen molar-refractivity contribution in [3.63, 3.8) is 0 Å². The van der Waals surface area contributed by atoms with E-state index in [9.17, 15) is 19.5 Å². The first-order chi connectivity index (χ1) is 13.4. The van der Waals surface area contributed by atoms with E-state index in [1.54, 1.807) is 12.1 Å². The molecule has 0 unspecified atom stereocenters. The van der Waals surface area contributed by atoms with E-state index < -0.39 is 17.5 Å². The van der Waals surface area contributed by atoms with Crippen LogP contribution in [0.5, 0.6) is 11.5 Å². The molecule has 0 bridgehead atoms. The third-order valence-corrected chi connectivity index (χ3v) is 3.86. The van der Waals surface area contributed by atoms with Gasteiger partial charge in [-0.25, -0.2) is 14.2 Å². The van der Waals surface area contributed by atoms with Gasteiger partial charge in [-0.05, 0) is 17.7 Å². The molecule has 3 N–H and O–H groups in total. The summed E-state index contributed by atoms with van der Waals surface area (Å²) in [5.41, 5.74) is 0.0950. The molecular formula is C16H17N7O5. The highest BCUT2D eigenvalue weighted by atomic mass is 16.5. The average Bonchev–Trinajstić information content (AvgIpc) is 3.13. The van der Waals surface area contributed by atoms with E-state index in [-0.39, 0.29) is 30.2 Å². The number of nitrogens with one attached hydrogen (secondary N) is 2. The summed E-state index contributed by atoms with van der Waals surface area (Å²) in [7, 11) is 2.84. The number of imidazole rings is 1. The first kappa shape index (κ1) is 18.8. The second-order valence-corrected chi connectivity index (χ2v) is 5.75. The summed E-state index contributed by atoms with van der Waals surface area (Å²) in [5, 5.41) is 22.0. The highest BCUT2D eigenvalue weighted by Gasteiger charge is 2.17. The van der Waals surface area contributed by atoms with Crippen LogP contribution in [0.2, 0.25) is 0 Å². The lowest BCUT2D eigenvalue weighted by molar-refractivity contribution is -0.120. The Kier molecular flexibility index (Phi) is 5.20. The number of hydrogen-bond acceptors (Lipinski definition) is 8. The normalized spacial score (nSPS) is 10.6. The third-order valence-electron chi connectivity index (χ3n) is 3.86. The molecular weight excluding hydrogens is 370 g/mol. The average molecular weight is 387 g/mol. The highest BCUT2D eigenvalue weighted by Crippen LogP contribution is 2.26. The number of fused-ring (bicyclic) bond motifs is 1. The van der Waals surface area contributed by atoms with Crippen LogP contribution in [0.3, 0.4) is 0 Å². The van der Waals surface area contributed by atoms with E-state index in [1.165, 1.54) is 26.6 Å². The van der Waals surface area contributed by atoms with Gasteiger partial charge in [0, 0.05) is 13.6 Å². The summed E-state index contributed by atoms with van der Waals surface area (Å²) < 4.78 is 7.09. The van der Waals surface area contributed by atoms with Crippen LogP contribution >= 0.6 is 0 Å². The van der Waals surface area contributed by atoms with E-state index in [2.05, 4.69) is 25.9 Å². The Morgan fingerprint density at radius 3 is 2.82 bits per heavy atom. The minimum absolute atomic E-state index is 0.00260. The second kappa shape index (κ2) is 7.73. The van der Waals surface area contributed by atoms with Gasteiger partial charge in [0.2, 0.25) is 5.91 Å². The number of benzene rings is 1. The van der Waals surface area contributed by atoms with Crippen molar-refractivity contribution < 1.29 is 19.4 Å². The molecule has 0 spiro atoms. The largest absolute Gasteiger partial charge is 0.504 e. The zero-order valence-electron chi connectivity index (χ0n) is 15.0. The minimum Gasteiger partial charge on any atom is -0.504 e. The first-order valence-electron chi connectivity index (χ1n) is 8.08. The van der Waals surface area contributed by atoms with Crippen LogP contribution in [0.4, 0.5) is 0 Å². The highest BCUT2D eigenvalue weighted by molar-refractivity contribution is 5.99. The molecule has 1 aromatic carbocycles. The maximum absolute atomic E-state index is 12.2. The van der Waals surface area contributed by atoms with Gasteiger partial charge >= 0.3 is 5.69 Å². The Bertz CT molecular complexity index is 1100. The summed E-state index contributed by atoms with van der Waals surface area (Å²) in [6.45, 7) is -0.119. The zero-order chi connectivity index (χ0) is 20.3. The molecule has 3 aromatic rings. The Balaban J connectivity index is 1.58. The number of aryl methyl sites for hydroxylation is 1. The number of hydrogen-bond donors (Lipinski definition) is 3. The molecule has 0 fully saturated rings. The third kappa shape index (κ3) is 3.75. The van der Waals surface area contributed by atoms with Gasteiger partial charge in [0.1, 0.15) is 6.33 Å². The predicted molar refractivity (Wildman–Crippen MR) is 94.9 cm³/mol. The van der Waals surface area contributed by atoms with Gasteiger partial charge in [0.25, 0.3) is 5.91 Å². The molecule has 0 saturated carbocycles. The first-order valence-corrected chi connectivity index (χ1v) is 8.08. The molecule has 0 radical (unpaired) electrons. The lowest BCUT2D eigenvalue weighted by Gasteiger charge is -2.08. The van der Waals surface area contributed by atoms with Crippen molar-refractivity contribution in [2.24, 2.45) is 7.05 Å². The smallest absolute Gasteiger partial charge is 0.352 e. The molecule has 2 heterocycles. The van der Waals surface area contributed by atoms with Gasteiger partial charge in [-0.2, -0.15) is 4.68 Å². The zero-order valence-corrected chi connectivity index (χ0v) is 15.0. The van der Waals surface area contributed by atoms with E-state index >= 15 is 0 Å². The molecule has 28 heavy (non-hydrogen) atoms. The lowest BCUT2D eigenvalue weighted by atomic mass is 10.2. The van der Waals surface area contributed by atoms with Crippen molar-refractivity contribution in [2.45, 2.75) is 6.54 Å². The molecule has 146 valence electrons. The van der Waals surface area contributed by atoms with Gasteiger partial charge in [-0.15, -0.1) is 5.10 Å². The topological polar surface area (TPSA) is 153 Å². The molecule has 2 amide bonds. The summed E-state index contributed by atoms with van der Waals surface area (Å²) in [5.74, 6) is -0.813. The van der Waals surface area contributed by atoms with Crippen LogP contribution in [0, 0.1) is 0 Å². The number of amides is 2. The standard InChI is InChI=1S/C16H17N7O5/c1-22-16(27)23-8-19-13(14(23)20-21-22)15(26)18-7-12(25)17-6-9-3-4-10(24)11(5-9)28-2/h3-5,8,24H,6-7H2,1-2H3,(H,17,25)(H,18,26). The molecule has 12 heteroatoms. The van der Waals surface area contributed by atoms with Crippen molar-refractivity contribution in [2.75, 3.05) is 13.7 Å². The SMILES string of the molecule is COc1cc(CNC(=O)CNC(=O)c2ncn3c(=O)n(C)nnc23)ccc1O. The number of methoxy groups -OCH3 is 1. The molecule has 0 atom stereocenters. The fourth-order valence-corrected chi connectivity index (χ4v) is 2.38. The summed E-state index contributed by atoms with van der Waals surface area (Å²) in [6.07, 6.45) is 1.17. The predicted octanol–water partition coefficient (Wildman–Crippen LogP) is -1.42. The molecule has 0 aliphatic heterocycles. The van der Waals surface area contributed by atoms with Crippen LogP contribution in [-0.2, 0) is 18.4 Å². The van der Waals surface area contributed by atoms with Gasteiger partial charge in [-0.3, -0.25) is 9.59 Å². The van der Waals surface area contributed by atoms with E-state index in [1.807, 2.05) is 0 Å². The molecule has 2 aromatic heterocycles. The van der Waals surface area contributed by atoms with Crippen molar-refractivity contribution in [1.82, 2.24) is 35.0 Å². The van der Waals surface area contributed by atoms with Crippen molar-refractivity contribution in [3.05, 3.63) is 46.3 Å². The van der Waals surface area contributed by atoms with Crippen LogP contribution in [0.1, 0.15) is 16.1 Å². The van der Waals surface area contributed by atoms with Gasteiger partial charge in [-0.1, -0.05) is 11.3 Å². The number of phenolic OH excluding ortho intramolecular Hbond substituents is 1. The van der Waals surface area contributed by atoms with Crippen LogP contribution in [-0.4, -0.2) is 55.0 Å². The Morgan fingerprint density at radius 1 is 1.29 bits per heavy atom. The number of nitrogens with zero attached hydrogens (tertiary/aromatic N) is 5. The fraction of sp³-hybridized carbons (Fsp3) is 0.250. The maximum Gasteiger partial charge on any atom is 0.352 e. The molecule has 12 nitrogen and oxygen atoms in total. The second-order valence-electron chi connectivity index (χ2n) is 5.75. The van der Waals surface area contributed by atoms with Crippen molar-refractivity contribution >= 4 is 17.5 Å².